The van der Waals surface area contributed by atoms with Crippen molar-refractivity contribution >= 4 is 23.1 Å². The van der Waals surface area contributed by atoms with Crippen molar-refractivity contribution in [2.45, 2.75) is 13.5 Å². The average molecular weight is 389 g/mol. The van der Waals surface area contributed by atoms with E-state index < -0.39 is 0 Å². The van der Waals surface area contributed by atoms with Crippen LogP contribution >= 0.6 is 0 Å². The van der Waals surface area contributed by atoms with Crippen molar-refractivity contribution in [3.8, 4) is 0 Å². The Bertz CT molecular complexity index is 932. The van der Waals surface area contributed by atoms with Gasteiger partial charge in [-0.05, 0) is 49.9 Å². The zero-order valence-corrected chi connectivity index (χ0v) is 17.1. The average Bonchev–Trinajstić information content (AvgIpc) is 2.74. The quantitative estimate of drug-likeness (QED) is 0.668. The van der Waals surface area contributed by atoms with Crippen LogP contribution in [0.15, 0.2) is 60.8 Å². The highest BCUT2D eigenvalue weighted by atomic mass is 15.2. The molecule has 1 aliphatic heterocycles. The minimum absolute atomic E-state index is 0.616. The lowest BCUT2D eigenvalue weighted by Crippen LogP contribution is -2.44. The fourth-order valence-corrected chi connectivity index (χ4v) is 3.48. The summed E-state index contributed by atoms with van der Waals surface area (Å²) in [5, 5.41) is 6.67. The summed E-state index contributed by atoms with van der Waals surface area (Å²) in [6.45, 7) is 7.17. The number of rotatable bonds is 6. The highest BCUT2D eigenvalue weighted by Gasteiger charge is 2.14. The van der Waals surface area contributed by atoms with Crippen LogP contribution in [0.4, 0.5) is 23.1 Å². The summed E-state index contributed by atoms with van der Waals surface area (Å²) in [4.78, 5) is 13.7. The molecule has 2 heterocycles. The third-order valence-corrected chi connectivity index (χ3v) is 5.20. The molecule has 0 spiro atoms. The molecule has 0 bridgehead atoms. The van der Waals surface area contributed by atoms with Crippen LogP contribution in [-0.2, 0) is 6.54 Å². The van der Waals surface area contributed by atoms with Gasteiger partial charge in [0, 0.05) is 50.3 Å². The standard InChI is InChI=1S/C23H28N6/c1-18-4-3-5-19(16-18)17-25-23-24-11-10-22(27-23)26-20-6-8-21(9-7-20)29-14-12-28(2)13-15-29/h3-11,16H,12-15,17H2,1-2H3,(H2,24,25,26,27). The van der Waals surface area contributed by atoms with Gasteiger partial charge in [-0.2, -0.15) is 4.98 Å². The highest BCUT2D eigenvalue weighted by Crippen LogP contribution is 2.21. The van der Waals surface area contributed by atoms with E-state index in [1.54, 1.807) is 6.20 Å². The van der Waals surface area contributed by atoms with E-state index in [-0.39, 0.29) is 0 Å². The van der Waals surface area contributed by atoms with Gasteiger partial charge in [-0.3, -0.25) is 0 Å². The SMILES string of the molecule is Cc1cccc(CNc2nccc(Nc3ccc(N4CCN(C)CC4)cc3)n2)c1. The van der Waals surface area contributed by atoms with Gasteiger partial charge in [-0.1, -0.05) is 29.8 Å². The van der Waals surface area contributed by atoms with Crippen LogP contribution in [0.25, 0.3) is 0 Å². The molecule has 6 nitrogen and oxygen atoms in total. The third-order valence-electron chi connectivity index (χ3n) is 5.20. The van der Waals surface area contributed by atoms with Crippen molar-refractivity contribution < 1.29 is 0 Å². The number of hydrogen-bond donors (Lipinski definition) is 2. The topological polar surface area (TPSA) is 56.3 Å². The monoisotopic (exact) mass is 388 g/mol. The fourth-order valence-electron chi connectivity index (χ4n) is 3.48. The lowest BCUT2D eigenvalue weighted by Gasteiger charge is -2.34. The lowest BCUT2D eigenvalue weighted by molar-refractivity contribution is 0.313. The molecule has 1 fully saturated rings. The molecule has 0 atom stereocenters. The van der Waals surface area contributed by atoms with Crippen molar-refractivity contribution in [1.29, 1.82) is 0 Å². The molecule has 0 radical (unpaired) electrons. The molecule has 0 amide bonds. The number of benzene rings is 2. The van der Waals surface area contributed by atoms with Crippen LogP contribution in [0.3, 0.4) is 0 Å². The molecule has 0 unspecified atom stereocenters. The largest absolute Gasteiger partial charge is 0.369 e. The van der Waals surface area contributed by atoms with Crippen molar-refractivity contribution in [2.75, 3.05) is 48.8 Å². The second-order valence-electron chi connectivity index (χ2n) is 7.57. The second-order valence-corrected chi connectivity index (χ2v) is 7.57. The van der Waals surface area contributed by atoms with Crippen LogP contribution < -0.4 is 15.5 Å². The van der Waals surface area contributed by atoms with Gasteiger partial charge in [0.2, 0.25) is 5.95 Å². The molecule has 3 aromatic rings. The van der Waals surface area contributed by atoms with Gasteiger partial charge in [0.1, 0.15) is 5.82 Å². The summed E-state index contributed by atoms with van der Waals surface area (Å²) < 4.78 is 0. The zero-order valence-electron chi connectivity index (χ0n) is 17.1. The molecule has 1 saturated heterocycles. The molecule has 1 aliphatic rings. The Morgan fingerprint density at radius 3 is 2.52 bits per heavy atom. The van der Waals surface area contributed by atoms with Crippen LogP contribution in [0.5, 0.6) is 0 Å². The van der Waals surface area contributed by atoms with Crippen LogP contribution in [0, 0.1) is 6.92 Å². The van der Waals surface area contributed by atoms with Gasteiger partial charge in [0.25, 0.3) is 0 Å². The van der Waals surface area contributed by atoms with Gasteiger partial charge in [-0.25, -0.2) is 4.98 Å². The van der Waals surface area contributed by atoms with Crippen molar-refractivity contribution in [1.82, 2.24) is 14.9 Å². The first-order valence-electron chi connectivity index (χ1n) is 10.1. The van der Waals surface area contributed by atoms with E-state index in [0.29, 0.717) is 12.5 Å². The number of aromatic nitrogens is 2. The summed E-state index contributed by atoms with van der Waals surface area (Å²) in [5.74, 6) is 1.39. The first-order valence-corrected chi connectivity index (χ1v) is 10.1. The predicted octanol–water partition coefficient (Wildman–Crippen LogP) is 3.89. The van der Waals surface area contributed by atoms with E-state index >= 15 is 0 Å². The molecule has 4 rings (SSSR count). The van der Waals surface area contributed by atoms with E-state index in [4.69, 9.17) is 0 Å². The summed E-state index contributed by atoms with van der Waals surface area (Å²) in [6, 6.07) is 18.9. The summed E-state index contributed by atoms with van der Waals surface area (Å²) in [5.41, 5.74) is 4.75. The van der Waals surface area contributed by atoms with Gasteiger partial charge < -0.3 is 20.4 Å². The van der Waals surface area contributed by atoms with Gasteiger partial charge >= 0.3 is 0 Å². The predicted molar refractivity (Wildman–Crippen MR) is 120 cm³/mol. The Balaban J connectivity index is 1.36. The third kappa shape index (κ3) is 5.23. The molecule has 0 aliphatic carbocycles. The first-order chi connectivity index (χ1) is 14.2. The van der Waals surface area contributed by atoms with E-state index in [2.05, 4.69) is 92.9 Å². The van der Waals surface area contributed by atoms with Crippen LogP contribution in [0.1, 0.15) is 11.1 Å². The van der Waals surface area contributed by atoms with Crippen LogP contribution in [-0.4, -0.2) is 48.1 Å². The van der Waals surface area contributed by atoms with Crippen molar-refractivity contribution in [2.24, 2.45) is 0 Å². The Morgan fingerprint density at radius 2 is 1.76 bits per heavy atom. The number of nitrogens with one attached hydrogen (secondary N) is 2. The maximum Gasteiger partial charge on any atom is 0.224 e. The normalized spacial score (nSPS) is 14.6. The maximum atomic E-state index is 4.58. The van der Waals surface area contributed by atoms with Gasteiger partial charge in [0.15, 0.2) is 0 Å². The van der Waals surface area contributed by atoms with Crippen molar-refractivity contribution in [3.63, 3.8) is 0 Å². The minimum atomic E-state index is 0.616. The smallest absolute Gasteiger partial charge is 0.224 e. The molecule has 150 valence electrons. The number of piperazine rings is 1. The zero-order chi connectivity index (χ0) is 20.1. The molecule has 0 saturated carbocycles. The minimum Gasteiger partial charge on any atom is -0.369 e. The van der Waals surface area contributed by atoms with E-state index in [0.717, 1.165) is 37.7 Å². The Kier molecular flexibility index (Phi) is 5.91. The lowest BCUT2D eigenvalue weighted by atomic mass is 10.1. The summed E-state index contributed by atoms with van der Waals surface area (Å²) >= 11 is 0. The second kappa shape index (κ2) is 8.92. The van der Waals surface area contributed by atoms with Crippen LogP contribution in [0.2, 0.25) is 0 Å². The molecule has 2 N–H and O–H groups in total. The Labute approximate surface area is 172 Å². The number of likely N-dealkylation sites (N-methyl/N-ethyl adjacent to an activating group) is 1. The molecular formula is C23H28N6. The van der Waals surface area contributed by atoms with E-state index in [9.17, 15) is 0 Å². The maximum absolute atomic E-state index is 4.58. The van der Waals surface area contributed by atoms with Crippen molar-refractivity contribution in [3.05, 3.63) is 71.9 Å². The van der Waals surface area contributed by atoms with E-state index in [1.807, 2.05) is 6.07 Å². The molecule has 1 aromatic heterocycles. The number of hydrogen-bond acceptors (Lipinski definition) is 6. The molecule has 6 heteroatoms. The molecule has 29 heavy (non-hydrogen) atoms. The highest BCUT2D eigenvalue weighted by molar-refractivity contribution is 5.61. The number of aryl methyl sites for hydroxylation is 1. The van der Waals surface area contributed by atoms with E-state index in [1.165, 1.54) is 16.8 Å². The number of nitrogens with zero attached hydrogens (tertiary/aromatic N) is 4. The Morgan fingerprint density at radius 1 is 0.966 bits per heavy atom. The Hall–Kier alpha value is -3.12. The first kappa shape index (κ1) is 19.2. The molecular weight excluding hydrogens is 360 g/mol. The summed E-state index contributed by atoms with van der Waals surface area (Å²) in [7, 11) is 2.18. The molecule has 2 aromatic carbocycles. The summed E-state index contributed by atoms with van der Waals surface area (Å²) in [6.07, 6.45) is 1.77. The number of anilines is 4. The van der Waals surface area contributed by atoms with Gasteiger partial charge in [-0.15, -0.1) is 0 Å². The fraction of sp³-hybridized carbons (Fsp3) is 0.304. The van der Waals surface area contributed by atoms with Gasteiger partial charge in [0.05, 0.1) is 0 Å².